The lowest BCUT2D eigenvalue weighted by atomic mass is 9.57. The number of imide groups is 1. The van der Waals surface area contributed by atoms with Gasteiger partial charge in [-0.3, -0.25) is 14.5 Å². The maximum Gasteiger partial charge on any atom is 0.455 e. The van der Waals surface area contributed by atoms with E-state index < -0.39 is 13.0 Å². The predicted molar refractivity (Wildman–Crippen MR) is 155 cm³/mol. The molecule has 5 rings (SSSR count). The fourth-order valence-corrected chi connectivity index (χ4v) is 7.48. The molecule has 2 aromatic rings. The van der Waals surface area contributed by atoms with Gasteiger partial charge in [-0.15, -0.1) is 11.3 Å². The Morgan fingerprint density at radius 3 is 2.69 bits per heavy atom. The molecule has 0 radical (unpaired) electrons. The number of hydrogen-bond acceptors (Lipinski definition) is 6. The fourth-order valence-electron chi connectivity index (χ4n) is 6.79. The second kappa shape index (κ2) is 11.8. The molecule has 3 aliphatic rings. The summed E-state index contributed by atoms with van der Waals surface area (Å²) in [5.74, 6) is -0.709. The van der Waals surface area contributed by atoms with Crippen LogP contribution in [0, 0.1) is 23.7 Å². The van der Waals surface area contributed by atoms with Crippen LogP contribution < -0.4 is 0 Å². The van der Waals surface area contributed by atoms with Crippen molar-refractivity contribution in [2.75, 3.05) is 0 Å². The Morgan fingerprint density at radius 2 is 2.00 bits per heavy atom. The molecule has 0 unspecified atom stereocenters. The minimum atomic E-state index is -0.963. The number of aromatic hydroxyl groups is 1. The third kappa shape index (κ3) is 5.79. The van der Waals surface area contributed by atoms with Gasteiger partial charge in [-0.1, -0.05) is 62.6 Å². The van der Waals surface area contributed by atoms with E-state index in [-0.39, 0.29) is 41.4 Å². The van der Waals surface area contributed by atoms with Gasteiger partial charge in [-0.25, -0.2) is 0 Å². The molecule has 1 aromatic heterocycles. The van der Waals surface area contributed by atoms with Gasteiger partial charge in [-0.2, -0.15) is 0 Å². The van der Waals surface area contributed by atoms with E-state index in [2.05, 4.69) is 26.8 Å². The first-order valence-corrected chi connectivity index (χ1v) is 15.1. The first-order chi connectivity index (χ1) is 18.8. The highest BCUT2D eigenvalue weighted by Gasteiger charge is 2.57. The van der Waals surface area contributed by atoms with Crippen molar-refractivity contribution in [2.24, 2.45) is 23.7 Å². The van der Waals surface area contributed by atoms with Gasteiger partial charge in [0.1, 0.15) is 5.75 Å². The number of phenolic OH excluding ortho intramolecular Hbond substituents is 1. The van der Waals surface area contributed by atoms with Gasteiger partial charge in [-0.05, 0) is 78.6 Å². The molecule has 3 heterocycles. The Hall–Kier alpha value is -2.68. The van der Waals surface area contributed by atoms with Crippen molar-refractivity contribution in [1.82, 2.24) is 4.90 Å². The highest BCUT2D eigenvalue weighted by Crippen LogP contribution is 2.52. The van der Waals surface area contributed by atoms with Crippen molar-refractivity contribution >= 4 is 36.3 Å². The number of thiophene rings is 1. The van der Waals surface area contributed by atoms with E-state index in [0.717, 1.165) is 35.3 Å². The van der Waals surface area contributed by atoms with Crippen LogP contribution in [-0.4, -0.2) is 40.1 Å². The SMILES string of the molecule is CCC/C(=C\c1cccc(O)c1)CC[C@H]1OB(O)C[C@H]2C1=C(C(C)C)C[C@H]1C(=O)N(Cc3cccs3)C(=O)[C@H]12. The van der Waals surface area contributed by atoms with Crippen molar-refractivity contribution in [2.45, 2.75) is 71.8 Å². The lowest BCUT2D eigenvalue weighted by molar-refractivity contribution is -0.140. The van der Waals surface area contributed by atoms with E-state index in [4.69, 9.17) is 4.65 Å². The Morgan fingerprint density at radius 1 is 1.18 bits per heavy atom. The van der Waals surface area contributed by atoms with Crippen LogP contribution >= 0.6 is 11.3 Å². The molecule has 8 heteroatoms. The fraction of sp³-hybridized carbons (Fsp3) is 0.484. The maximum atomic E-state index is 13.7. The van der Waals surface area contributed by atoms with Gasteiger partial charge >= 0.3 is 7.12 Å². The minimum absolute atomic E-state index is 0.0765. The summed E-state index contributed by atoms with van der Waals surface area (Å²) in [5, 5.41) is 22.7. The van der Waals surface area contributed by atoms with E-state index in [0.29, 0.717) is 25.7 Å². The summed E-state index contributed by atoms with van der Waals surface area (Å²) in [6, 6.07) is 11.2. The molecule has 206 valence electrons. The van der Waals surface area contributed by atoms with Crippen LogP contribution in [-0.2, 0) is 20.8 Å². The highest BCUT2D eigenvalue weighted by atomic mass is 32.1. The number of carbonyl (C=O) groups is 2. The Labute approximate surface area is 235 Å². The molecule has 4 atom stereocenters. The van der Waals surface area contributed by atoms with Gasteiger partial charge in [0.25, 0.3) is 0 Å². The standard InChI is InChI=1S/C31H38BNO5S/c1-4-7-20(14-21-8-5-9-22(34)15-21)11-12-27-28-24(19(2)3)16-25-29(26(28)17-32(37)38-27)31(36)33(30(25)35)18-23-10-6-13-39-23/h5-6,8-10,13-15,19,25-27,29,34,37H,4,7,11-12,16-18H2,1-3H3/b20-14+/t25-,26+,27-,29-/m1/s1. The maximum absolute atomic E-state index is 13.7. The number of hydrogen-bond donors (Lipinski definition) is 2. The van der Waals surface area contributed by atoms with Crippen molar-refractivity contribution in [3.05, 3.63) is 68.9 Å². The summed E-state index contributed by atoms with van der Waals surface area (Å²) in [4.78, 5) is 29.7. The first-order valence-electron chi connectivity index (χ1n) is 14.2. The van der Waals surface area contributed by atoms with Crippen molar-refractivity contribution in [3.8, 4) is 5.75 Å². The first kappa shape index (κ1) is 27.9. The second-order valence-corrected chi connectivity index (χ2v) is 12.5. The van der Waals surface area contributed by atoms with Crippen molar-refractivity contribution < 1.29 is 24.4 Å². The average Bonchev–Trinajstić information content (AvgIpc) is 3.49. The number of phenols is 1. The summed E-state index contributed by atoms with van der Waals surface area (Å²) in [7, 11) is -0.963. The van der Waals surface area contributed by atoms with Gasteiger partial charge in [0.15, 0.2) is 0 Å². The Kier molecular flexibility index (Phi) is 8.45. The van der Waals surface area contributed by atoms with Crippen LogP contribution in [0.15, 0.2) is 58.5 Å². The summed E-state index contributed by atoms with van der Waals surface area (Å²) in [6.07, 6.45) is 6.18. The van der Waals surface area contributed by atoms with Gasteiger partial charge < -0.3 is 14.8 Å². The predicted octanol–water partition coefficient (Wildman–Crippen LogP) is 6.07. The zero-order chi connectivity index (χ0) is 27.7. The Bertz CT molecular complexity index is 1270. The van der Waals surface area contributed by atoms with E-state index in [1.54, 1.807) is 23.5 Å². The molecule has 2 saturated heterocycles. The molecule has 2 aliphatic heterocycles. The van der Waals surface area contributed by atoms with E-state index in [1.807, 2.05) is 29.6 Å². The molecular weight excluding hydrogens is 509 g/mol. The molecule has 39 heavy (non-hydrogen) atoms. The molecule has 1 aromatic carbocycles. The normalized spacial score (nSPS) is 25.5. The molecule has 6 nitrogen and oxygen atoms in total. The van der Waals surface area contributed by atoms with Crippen LogP contribution in [0.3, 0.4) is 0 Å². The van der Waals surface area contributed by atoms with Gasteiger partial charge in [0.05, 0.1) is 24.5 Å². The molecule has 0 saturated carbocycles. The average molecular weight is 548 g/mol. The van der Waals surface area contributed by atoms with E-state index in [1.165, 1.54) is 16.0 Å². The number of benzene rings is 1. The van der Waals surface area contributed by atoms with Crippen LogP contribution in [0.4, 0.5) is 0 Å². The Balaban J connectivity index is 1.42. The monoisotopic (exact) mass is 547 g/mol. The van der Waals surface area contributed by atoms with Gasteiger partial charge in [0.2, 0.25) is 11.8 Å². The van der Waals surface area contributed by atoms with E-state index >= 15 is 0 Å². The molecule has 2 fully saturated rings. The number of allylic oxidation sites excluding steroid dienone is 2. The zero-order valence-corrected chi connectivity index (χ0v) is 23.8. The van der Waals surface area contributed by atoms with Gasteiger partial charge in [0, 0.05) is 4.88 Å². The molecule has 2 N–H and O–H groups in total. The summed E-state index contributed by atoms with van der Waals surface area (Å²) >= 11 is 1.55. The van der Waals surface area contributed by atoms with Crippen LogP contribution in [0.2, 0.25) is 6.32 Å². The molecular formula is C31H38BNO5S. The number of amides is 2. The summed E-state index contributed by atoms with van der Waals surface area (Å²) in [6.45, 7) is 6.77. The number of likely N-dealkylation sites (tertiary alicyclic amines) is 1. The molecule has 0 spiro atoms. The van der Waals surface area contributed by atoms with Crippen LogP contribution in [0.1, 0.15) is 63.3 Å². The van der Waals surface area contributed by atoms with Crippen molar-refractivity contribution in [1.29, 1.82) is 0 Å². The van der Waals surface area contributed by atoms with Crippen molar-refractivity contribution in [3.63, 3.8) is 0 Å². The lowest BCUT2D eigenvalue weighted by Crippen LogP contribution is -2.46. The number of fused-ring (bicyclic) bond motifs is 3. The third-order valence-electron chi connectivity index (χ3n) is 8.47. The third-order valence-corrected chi connectivity index (χ3v) is 9.33. The molecule has 2 amide bonds. The highest BCUT2D eigenvalue weighted by molar-refractivity contribution is 7.09. The number of carbonyl (C=O) groups excluding carboxylic acids is 2. The quantitative estimate of drug-likeness (QED) is 0.226. The van der Waals surface area contributed by atoms with Crippen LogP contribution in [0.5, 0.6) is 5.75 Å². The number of nitrogens with zero attached hydrogens (tertiary/aromatic N) is 1. The lowest BCUT2D eigenvalue weighted by Gasteiger charge is -2.44. The molecule has 1 aliphatic carbocycles. The molecule has 0 bridgehead atoms. The minimum Gasteiger partial charge on any atom is -0.508 e. The largest absolute Gasteiger partial charge is 0.508 e. The smallest absolute Gasteiger partial charge is 0.455 e. The number of rotatable bonds is 9. The summed E-state index contributed by atoms with van der Waals surface area (Å²) < 4.78 is 6.18. The summed E-state index contributed by atoms with van der Waals surface area (Å²) in [5.41, 5.74) is 4.58. The topological polar surface area (TPSA) is 87.1 Å². The van der Waals surface area contributed by atoms with Crippen LogP contribution in [0.25, 0.3) is 6.08 Å². The second-order valence-electron chi connectivity index (χ2n) is 11.4. The van der Waals surface area contributed by atoms with E-state index in [9.17, 15) is 19.7 Å². The zero-order valence-electron chi connectivity index (χ0n) is 23.0.